The molecular weight excluding hydrogens is 152 g/mol. The van der Waals surface area contributed by atoms with Gasteiger partial charge in [-0.2, -0.15) is 0 Å². The van der Waals surface area contributed by atoms with Gasteiger partial charge in [0.05, 0.1) is 6.10 Å². The van der Waals surface area contributed by atoms with Crippen molar-refractivity contribution in [3.05, 3.63) is 11.6 Å². The van der Waals surface area contributed by atoms with Gasteiger partial charge in [0, 0.05) is 12.0 Å². The summed E-state index contributed by atoms with van der Waals surface area (Å²) in [7, 11) is 0. The number of aliphatic hydroxyl groups excluding tert-OH is 1. The van der Waals surface area contributed by atoms with Crippen molar-refractivity contribution in [2.45, 2.75) is 39.2 Å². The molecule has 0 unspecified atom stereocenters. The van der Waals surface area contributed by atoms with Crippen LogP contribution >= 0.6 is 0 Å². The molecule has 0 heterocycles. The normalized spacial score (nSPS) is 21.0. The highest BCUT2D eigenvalue weighted by Crippen LogP contribution is 2.20. The Morgan fingerprint density at radius 1 is 1.50 bits per heavy atom. The zero-order chi connectivity index (χ0) is 9.14. The molecular formula is C10H16O2. The number of carbonyl (C=O) groups is 1. The van der Waals surface area contributed by atoms with Gasteiger partial charge >= 0.3 is 0 Å². The van der Waals surface area contributed by atoms with Gasteiger partial charge in [-0.3, -0.25) is 4.79 Å². The number of ketones is 1. The molecule has 0 aromatic heterocycles. The van der Waals surface area contributed by atoms with E-state index in [1.165, 1.54) is 0 Å². The summed E-state index contributed by atoms with van der Waals surface area (Å²) in [5.41, 5.74) is 0.635. The molecule has 0 bridgehead atoms. The van der Waals surface area contributed by atoms with Gasteiger partial charge in [0.2, 0.25) is 0 Å². The molecule has 12 heavy (non-hydrogen) atoms. The summed E-state index contributed by atoms with van der Waals surface area (Å²) in [4.78, 5) is 11.3. The van der Waals surface area contributed by atoms with Crippen LogP contribution in [-0.4, -0.2) is 17.0 Å². The van der Waals surface area contributed by atoms with Gasteiger partial charge in [0.25, 0.3) is 0 Å². The molecule has 0 aromatic carbocycles. The predicted molar refractivity (Wildman–Crippen MR) is 47.8 cm³/mol. The van der Waals surface area contributed by atoms with Gasteiger partial charge in [0.1, 0.15) is 0 Å². The maximum absolute atomic E-state index is 11.3. The lowest BCUT2D eigenvalue weighted by Crippen LogP contribution is -2.24. The van der Waals surface area contributed by atoms with Gasteiger partial charge in [-0.15, -0.1) is 0 Å². The second kappa shape index (κ2) is 3.85. The fourth-order valence-corrected chi connectivity index (χ4v) is 1.42. The molecule has 0 fully saturated rings. The summed E-state index contributed by atoms with van der Waals surface area (Å²) < 4.78 is 0. The van der Waals surface area contributed by atoms with Crippen LogP contribution in [0.1, 0.15) is 33.1 Å². The molecule has 0 spiro atoms. The molecule has 0 aliphatic heterocycles. The standard InChI is InChI=1S/C10H16O2/c1-7(2)10(12)8-5-3-4-6-9(8)11/h5,7,10,12H,3-4,6H2,1-2H3/t10-/m1/s1. The summed E-state index contributed by atoms with van der Waals surface area (Å²) in [6, 6.07) is 0. The third-order valence-electron chi connectivity index (χ3n) is 2.24. The molecule has 2 nitrogen and oxygen atoms in total. The summed E-state index contributed by atoms with van der Waals surface area (Å²) in [6.45, 7) is 3.85. The number of allylic oxidation sites excluding steroid dienone is 1. The van der Waals surface area contributed by atoms with Crippen LogP contribution in [0.5, 0.6) is 0 Å². The summed E-state index contributed by atoms with van der Waals surface area (Å²) >= 11 is 0. The van der Waals surface area contributed by atoms with Gasteiger partial charge < -0.3 is 5.11 Å². The number of rotatable bonds is 2. The van der Waals surface area contributed by atoms with Gasteiger partial charge in [0.15, 0.2) is 5.78 Å². The van der Waals surface area contributed by atoms with E-state index in [1.54, 1.807) is 0 Å². The average Bonchev–Trinajstić information content (AvgIpc) is 2.04. The Balaban J connectivity index is 2.72. The van der Waals surface area contributed by atoms with Crippen LogP contribution in [0.25, 0.3) is 0 Å². The second-order valence-electron chi connectivity index (χ2n) is 3.66. The van der Waals surface area contributed by atoms with Gasteiger partial charge in [-0.05, 0) is 18.8 Å². The Morgan fingerprint density at radius 2 is 2.17 bits per heavy atom. The van der Waals surface area contributed by atoms with Gasteiger partial charge in [-0.25, -0.2) is 0 Å². The lowest BCUT2D eigenvalue weighted by atomic mass is 9.89. The zero-order valence-corrected chi connectivity index (χ0v) is 7.71. The third kappa shape index (κ3) is 1.95. The zero-order valence-electron chi connectivity index (χ0n) is 7.71. The fraction of sp³-hybridized carbons (Fsp3) is 0.700. The summed E-state index contributed by atoms with van der Waals surface area (Å²) in [5, 5.41) is 9.63. The first-order valence-corrected chi connectivity index (χ1v) is 4.54. The van der Waals surface area contributed by atoms with E-state index in [-0.39, 0.29) is 11.7 Å². The van der Waals surface area contributed by atoms with Gasteiger partial charge in [-0.1, -0.05) is 19.9 Å². The van der Waals surface area contributed by atoms with Crippen LogP contribution in [0, 0.1) is 5.92 Å². The predicted octanol–water partition coefficient (Wildman–Crippen LogP) is 1.68. The first-order valence-electron chi connectivity index (χ1n) is 4.54. The van der Waals surface area contributed by atoms with E-state index in [0.29, 0.717) is 12.0 Å². The monoisotopic (exact) mass is 168 g/mol. The Morgan fingerprint density at radius 3 is 2.67 bits per heavy atom. The Hall–Kier alpha value is -0.630. The molecule has 0 saturated carbocycles. The smallest absolute Gasteiger partial charge is 0.161 e. The van der Waals surface area contributed by atoms with E-state index in [0.717, 1.165) is 12.8 Å². The SMILES string of the molecule is CC(C)[C@@H](O)C1=CCCCC1=O. The highest BCUT2D eigenvalue weighted by Gasteiger charge is 2.22. The van der Waals surface area contributed by atoms with Crippen molar-refractivity contribution >= 4 is 5.78 Å². The Bertz CT molecular complexity index is 204. The van der Waals surface area contributed by atoms with E-state index >= 15 is 0 Å². The topological polar surface area (TPSA) is 37.3 Å². The molecule has 0 amide bonds. The van der Waals surface area contributed by atoms with Crippen molar-refractivity contribution in [3.63, 3.8) is 0 Å². The van der Waals surface area contributed by atoms with Crippen molar-refractivity contribution in [1.29, 1.82) is 0 Å². The maximum atomic E-state index is 11.3. The van der Waals surface area contributed by atoms with Crippen LogP contribution in [0.15, 0.2) is 11.6 Å². The highest BCUT2D eigenvalue weighted by molar-refractivity contribution is 5.96. The second-order valence-corrected chi connectivity index (χ2v) is 3.66. The quantitative estimate of drug-likeness (QED) is 0.681. The number of carbonyl (C=O) groups excluding carboxylic acids is 1. The molecule has 1 N–H and O–H groups in total. The first kappa shape index (κ1) is 9.46. The van der Waals surface area contributed by atoms with Crippen molar-refractivity contribution in [2.24, 2.45) is 5.92 Å². The molecule has 1 rings (SSSR count). The van der Waals surface area contributed by atoms with Crippen molar-refractivity contribution < 1.29 is 9.90 Å². The van der Waals surface area contributed by atoms with Crippen LogP contribution < -0.4 is 0 Å². The van der Waals surface area contributed by atoms with E-state index in [2.05, 4.69) is 0 Å². The molecule has 1 aliphatic carbocycles. The fourth-order valence-electron chi connectivity index (χ4n) is 1.42. The molecule has 1 aliphatic rings. The number of aliphatic hydroxyl groups is 1. The highest BCUT2D eigenvalue weighted by atomic mass is 16.3. The third-order valence-corrected chi connectivity index (χ3v) is 2.24. The number of hydrogen-bond acceptors (Lipinski definition) is 2. The van der Waals surface area contributed by atoms with E-state index in [4.69, 9.17) is 0 Å². The molecule has 0 radical (unpaired) electrons. The largest absolute Gasteiger partial charge is 0.388 e. The van der Waals surface area contributed by atoms with Crippen molar-refractivity contribution in [1.82, 2.24) is 0 Å². The van der Waals surface area contributed by atoms with Crippen LogP contribution in [-0.2, 0) is 4.79 Å². The molecule has 1 atom stereocenters. The average molecular weight is 168 g/mol. The minimum Gasteiger partial charge on any atom is -0.388 e. The van der Waals surface area contributed by atoms with Crippen LogP contribution in [0.2, 0.25) is 0 Å². The molecule has 2 heteroatoms. The Kier molecular flexibility index (Phi) is 3.04. The summed E-state index contributed by atoms with van der Waals surface area (Å²) in [5.74, 6) is 0.265. The van der Waals surface area contributed by atoms with Crippen molar-refractivity contribution in [3.8, 4) is 0 Å². The molecule has 68 valence electrons. The number of hydrogen-bond donors (Lipinski definition) is 1. The van der Waals surface area contributed by atoms with Crippen molar-refractivity contribution in [2.75, 3.05) is 0 Å². The lowest BCUT2D eigenvalue weighted by Gasteiger charge is -2.20. The maximum Gasteiger partial charge on any atom is 0.161 e. The Labute approximate surface area is 73.3 Å². The van der Waals surface area contributed by atoms with E-state index in [9.17, 15) is 9.90 Å². The first-order chi connectivity index (χ1) is 5.63. The minimum atomic E-state index is -0.558. The van der Waals surface area contributed by atoms with Crippen LogP contribution in [0.3, 0.4) is 0 Å². The van der Waals surface area contributed by atoms with E-state index < -0.39 is 6.10 Å². The molecule has 0 aromatic rings. The number of Topliss-reactive ketones (excluding diaryl/α,β-unsaturated/α-hetero) is 1. The minimum absolute atomic E-state index is 0.127. The molecule has 0 saturated heterocycles. The van der Waals surface area contributed by atoms with Crippen LogP contribution in [0.4, 0.5) is 0 Å². The lowest BCUT2D eigenvalue weighted by molar-refractivity contribution is -0.117. The summed E-state index contributed by atoms with van der Waals surface area (Å²) in [6.07, 6.45) is 3.81. The van der Waals surface area contributed by atoms with E-state index in [1.807, 2.05) is 19.9 Å².